The maximum Gasteiger partial charge on any atom is 0.191 e. The normalized spacial score (nSPS) is 11.2. The van der Waals surface area contributed by atoms with Gasteiger partial charge in [0, 0.05) is 32.9 Å². The summed E-state index contributed by atoms with van der Waals surface area (Å²) in [4.78, 5) is 6.78. The van der Waals surface area contributed by atoms with Crippen molar-refractivity contribution in [1.29, 1.82) is 0 Å². The fourth-order valence-electron chi connectivity index (χ4n) is 2.64. The number of nitrogens with zero attached hydrogens (tertiary/aromatic N) is 2. The Balaban J connectivity index is 1.91. The van der Waals surface area contributed by atoms with Gasteiger partial charge in [0.15, 0.2) is 5.96 Å². The maximum absolute atomic E-state index is 5.41. The van der Waals surface area contributed by atoms with Gasteiger partial charge in [0.25, 0.3) is 0 Å². The molecular formula is C21H30N4O. The van der Waals surface area contributed by atoms with E-state index in [9.17, 15) is 0 Å². The molecule has 0 aromatic heterocycles. The zero-order valence-corrected chi connectivity index (χ0v) is 16.2. The molecule has 2 rings (SSSR count). The minimum Gasteiger partial charge on any atom is -0.496 e. The number of hydrogen-bond acceptors (Lipinski definition) is 3. The van der Waals surface area contributed by atoms with E-state index in [1.807, 2.05) is 32.3 Å². The second kappa shape index (κ2) is 10.3. The highest BCUT2D eigenvalue weighted by Gasteiger charge is 2.03. The lowest BCUT2D eigenvalue weighted by molar-refractivity contribution is 0.409. The van der Waals surface area contributed by atoms with Crippen molar-refractivity contribution in [2.75, 3.05) is 39.2 Å². The molecule has 26 heavy (non-hydrogen) atoms. The van der Waals surface area contributed by atoms with Crippen LogP contribution in [0.5, 0.6) is 5.75 Å². The second-order valence-corrected chi connectivity index (χ2v) is 6.24. The van der Waals surface area contributed by atoms with Crippen LogP contribution in [0, 0.1) is 0 Å². The molecule has 0 unspecified atom stereocenters. The van der Waals surface area contributed by atoms with E-state index in [2.05, 4.69) is 57.8 Å². The van der Waals surface area contributed by atoms with Gasteiger partial charge in [-0.1, -0.05) is 30.3 Å². The summed E-state index contributed by atoms with van der Waals surface area (Å²) in [5.41, 5.74) is 3.58. The molecule has 2 N–H and O–H groups in total. The van der Waals surface area contributed by atoms with Crippen LogP contribution in [0.4, 0.5) is 5.69 Å². The van der Waals surface area contributed by atoms with Crippen LogP contribution in [0.25, 0.3) is 0 Å². The summed E-state index contributed by atoms with van der Waals surface area (Å²) in [6.45, 7) is 4.35. The van der Waals surface area contributed by atoms with E-state index in [4.69, 9.17) is 4.74 Å². The number of methoxy groups -OCH3 is 1. The second-order valence-electron chi connectivity index (χ2n) is 6.24. The van der Waals surface area contributed by atoms with Crippen LogP contribution in [0.15, 0.2) is 53.5 Å². The van der Waals surface area contributed by atoms with Crippen LogP contribution in [-0.2, 0) is 13.0 Å². The minimum atomic E-state index is 0.650. The number of guanidine groups is 1. The molecule has 0 spiro atoms. The summed E-state index contributed by atoms with van der Waals surface area (Å²) in [7, 11) is 5.80. The highest BCUT2D eigenvalue weighted by atomic mass is 16.5. The van der Waals surface area contributed by atoms with Gasteiger partial charge < -0.3 is 20.3 Å². The van der Waals surface area contributed by atoms with Crippen molar-refractivity contribution in [3.05, 3.63) is 59.7 Å². The lowest BCUT2D eigenvalue weighted by Crippen LogP contribution is -2.38. The predicted molar refractivity (Wildman–Crippen MR) is 110 cm³/mol. The van der Waals surface area contributed by atoms with Crippen molar-refractivity contribution >= 4 is 11.6 Å². The number of rotatable bonds is 8. The van der Waals surface area contributed by atoms with E-state index < -0.39 is 0 Å². The molecule has 140 valence electrons. The van der Waals surface area contributed by atoms with E-state index in [1.165, 1.54) is 16.8 Å². The van der Waals surface area contributed by atoms with E-state index in [1.54, 1.807) is 7.11 Å². The van der Waals surface area contributed by atoms with Gasteiger partial charge >= 0.3 is 0 Å². The SMILES string of the molecule is CCNC(=NCc1ccc(N(C)C)cc1)NCCc1ccccc1OC. The Labute approximate surface area is 157 Å². The molecule has 0 aliphatic heterocycles. The molecule has 0 bridgehead atoms. The summed E-state index contributed by atoms with van der Waals surface area (Å²) >= 11 is 0. The zero-order chi connectivity index (χ0) is 18.8. The van der Waals surface area contributed by atoms with Gasteiger partial charge in [-0.25, -0.2) is 4.99 Å². The van der Waals surface area contributed by atoms with Gasteiger partial charge in [0.1, 0.15) is 5.75 Å². The van der Waals surface area contributed by atoms with Gasteiger partial charge in [-0.15, -0.1) is 0 Å². The number of hydrogen-bond donors (Lipinski definition) is 2. The van der Waals surface area contributed by atoms with Crippen LogP contribution in [0.2, 0.25) is 0 Å². The fourth-order valence-corrected chi connectivity index (χ4v) is 2.64. The number of benzene rings is 2. The third kappa shape index (κ3) is 5.99. The third-order valence-corrected chi connectivity index (χ3v) is 4.10. The third-order valence-electron chi connectivity index (χ3n) is 4.10. The first kappa shape index (κ1) is 19.6. The number of aliphatic imine (C=N–C) groups is 1. The van der Waals surface area contributed by atoms with E-state index in [0.717, 1.165) is 31.2 Å². The highest BCUT2D eigenvalue weighted by Crippen LogP contribution is 2.17. The van der Waals surface area contributed by atoms with Crippen LogP contribution in [0.1, 0.15) is 18.1 Å². The highest BCUT2D eigenvalue weighted by molar-refractivity contribution is 5.79. The molecule has 2 aromatic rings. The summed E-state index contributed by atoms with van der Waals surface area (Å²) in [5, 5.41) is 6.69. The standard InChI is InChI=1S/C21H30N4O/c1-5-22-21(23-15-14-18-8-6-7-9-20(18)26-4)24-16-17-10-12-19(13-11-17)25(2)3/h6-13H,5,14-16H2,1-4H3,(H2,22,23,24). The topological polar surface area (TPSA) is 48.9 Å². The Bertz CT molecular complexity index is 695. The molecule has 0 aliphatic carbocycles. The van der Waals surface area contributed by atoms with Gasteiger partial charge in [0.05, 0.1) is 13.7 Å². The molecule has 2 aromatic carbocycles. The molecule has 0 saturated heterocycles. The molecule has 0 fully saturated rings. The lowest BCUT2D eigenvalue weighted by atomic mass is 10.1. The monoisotopic (exact) mass is 354 g/mol. The quantitative estimate of drug-likeness (QED) is 0.565. The fraction of sp³-hybridized carbons (Fsp3) is 0.381. The Morgan fingerprint density at radius 2 is 1.77 bits per heavy atom. The van der Waals surface area contributed by atoms with Crippen molar-refractivity contribution in [3.8, 4) is 5.75 Å². The minimum absolute atomic E-state index is 0.650. The molecule has 0 amide bonds. The first-order valence-corrected chi connectivity index (χ1v) is 9.04. The molecule has 0 saturated carbocycles. The average Bonchev–Trinajstić information content (AvgIpc) is 2.66. The van der Waals surface area contributed by atoms with Crippen LogP contribution < -0.4 is 20.3 Å². The van der Waals surface area contributed by atoms with Gasteiger partial charge in [-0.2, -0.15) is 0 Å². The Kier molecular flexibility index (Phi) is 7.80. The van der Waals surface area contributed by atoms with Crippen molar-refractivity contribution in [1.82, 2.24) is 10.6 Å². The van der Waals surface area contributed by atoms with Crippen LogP contribution in [-0.4, -0.2) is 40.3 Å². The molecule has 0 radical (unpaired) electrons. The maximum atomic E-state index is 5.41. The Morgan fingerprint density at radius 1 is 1.04 bits per heavy atom. The number of ether oxygens (including phenoxy) is 1. The van der Waals surface area contributed by atoms with Crippen molar-refractivity contribution in [2.24, 2.45) is 4.99 Å². The average molecular weight is 354 g/mol. The first-order valence-electron chi connectivity index (χ1n) is 9.04. The number of anilines is 1. The predicted octanol–water partition coefficient (Wildman–Crippen LogP) is 3.06. The van der Waals surface area contributed by atoms with E-state index >= 15 is 0 Å². The first-order chi connectivity index (χ1) is 12.6. The Hall–Kier alpha value is -2.69. The molecule has 0 atom stereocenters. The Morgan fingerprint density at radius 3 is 2.42 bits per heavy atom. The summed E-state index contributed by atoms with van der Waals surface area (Å²) in [6, 6.07) is 16.6. The van der Waals surface area contributed by atoms with Gasteiger partial charge in [-0.05, 0) is 42.7 Å². The van der Waals surface area contributed by atoms with Crippen molar-refractivity contribution in [2.45, 2.75) is 19.9 Å². The van der Waals surface area contributed by atoms with Gasteiger partial charge in [-0.3, -0.25) is 0 Å². The van der Waals surface area contributed by atoms with E-state index in [-0.39, 0.29) is 0 Å². The van der Waals surface area contributed by atoms with Crippen LogP contribution >= 0.6 is 0 Å². The number of para-hydroxylation sites is 1. The molecule has 0 aliphatic rings. The molecule has 5 nitrogen and oxygen atoms in total. The lowest BCUT2D eigenvalue weighted by Gasteiger charge is -2.14. The number of nitrogens with one attached hydrogen (secondary N) is 2. The molecule has 0 heterocycles. The molecule has 5 heteroatoms. The van der Waals surface area contributed by atoms with Gasteiger partial charge in [0.2, 0.25) is 0 Å². The zero-order valence-electron chi connectivity index (χ0n) is 16.2. The summed E-state index contributed by atoms with van der Waals surface area (Å²) < 4.78 is 5.41. The van der Waals surface area contributed by atoms with Crippen LogP contribution in [0.3, 0.4) is 0 Å². The summed E-state index contributed by atoms with van der Waals surface area (Å²) in [5.74, 6) is 1.76. The van der Waals surface area contributed by atoms with Crippen molar-refractivity contribution in [3.63, 3.8) is 0 Å². The van der Waals surface area contributed by atoms with Crippen molar-refractivity contribution < 1.29 is 4.74 Å². The largest absolute Gasteiger partial charge is 0.496 e. The summed E-state index contributed by atoms with van der Waals surface area (Å²) in [6.07, 6.45) is 0.881. The smallest absolute Gasteiger partial charge is 0.191 e. The molecular weight excluding hydrogens is 324 g/mol. The van der Waals surface area contributed by atoms with E-state index in [0.29, 0.717) is 6.54 Å².